The van der Waals surface area contributed by atoms with Gasteiger partial charge in [-0.3, -0.25) is 9.00 Å². The number of unbranched alkanes of at least 4 members (excludes halogenated alkanes) is 2. The number of anilines is 1. The van der Waals surface area contributed by atoms with Crippen molar-refractivity contribution in [1.82, 2.24) is 9.55 Å². The first kappa shape index (κ1) is 33.1. The van der Waals surface area contributed by atoms with Crippen LogP contribution < -0.4 is 10.1 Å². The average Bonchev–Trinajstić information content (AvgIpc) is 3.48. The van der Waals surface area contributed by atoms with Crippen molar-refractivity contribution in [2.75, 3.05) is 25.1 Å². The van der Waals surface area contributed by atoms with Gasteiger partial charge in [0.05, 0.1) is 35.2 Å². The minimum absolute atomic E-state index is 0.0367. The van der Waals surface area contributed by atoms with Gasteiger partial charge in [-0.05, 0) is 71.8 Å². The van der Waals surface area contributed by atoms with Gasteiger partial charge in [-0.1, -0.05) is 70.0 Å². The average molecular weight is 616 g/mol. The van der Waals surface area contributed by atoms with Crippen molar-refractivity contribution >= 4 is 22.4 Å². The van der Waals surface area contributed by atoms with Crippen molar-refractivity contribution in [3.8, 4) is 16.9 Å². The summed E-state index contributed by atoms with van der Waals surface area (Å²) in [5.74, 6) is 1.22. The summed E-state index contributed by atoms with van der Waals surface area (Å²) in [4.78, 5) is 17.9. The third-order valence-electron chi connectivity index (χ3n) is 7.50. The fourth-order valence-corrected chi connectivity index (χ4v) is 5.96. The van der Waals surface area contributed by atoms with Gasteiger partial charge in [-0.2, -0.15) is 0 Å². The highest BCUT2D eigenvalue weighted by atomic mass is 32.2. The Bertz CT molecular complexity index is 1470. The molecule has 0 saturated carbocycles. The second kappa shape index (κ2) is 17.5. The van der Waals surface area contributed by atoms with E-state index in [1.54, 1.807) is 12.5 Å². The van der Waals surface area contributed by atoms with Gasteiger partial charge in [0.2, 0.25) is 5.91 Å². The van der Waals surface area contributed by atoms with E-state index in [1.165, 1.54) is 0 Å². The molecule has 1 unspecified atom stereocenters. The number of ether oxygens (including phenoxy) is 2. The SMILES string of the molecule is CCCCOCCOc1ccc(-c2cccc(C(C)CC(=O)Nc3ccc([S@](=O)Cc4cncn4CCCC)cc3)c2)cc1. The molecule has 1 N–H and O–H groups in total. The molecular formula is C36H45N3O4S. The first-order chi connectivity index (χ1) is 21.5. The first-order valence-corrected chi connectivity index (χ1v) is 17.0. The van der Waals surface area contributed by atoms with Crippen molar-refractivity contribution in [1.29, 1.82) is 0 Å². The Kier molecular flexibility index (Phi) is 13.2. The monoisotopic (exact) mass is 615 g/mol. The van der Waals surface area contributed by atoms with E-state index in [1.807, 2.05) is 42.5 Å². The maximum absolute atomic E-state index is 13.0. The number of rotatable bonds is 18. The maximum Gasteiger partial charge on any atom is 0.224 e. The van der Waals surface area contributed by atoms with Gasteiger partial charge in [-0.15, -0.1) is 0 Å². The maximum atomic E-state index is 13.0. The van der Waals surface area contributed by atoms with E-state index in [0.717, 1.165) is 71.9 Å². The lowest BCUT2D eigenvalue weighted by molar-refractivity contribution is -0.116. The van der Waals surface area contributed by atoms with Crippen LogP contribution in [0.5, 0.6) is 5.75 Å². The van der Waals surface area contributed by atoms with Crippen LogP contribution in [0.1, 0.15) is 70.1 Å². The largest absolute Gasteiger partial charge is 0.491 e. The number of amides is 1. The fraction of sp³-hybridized carbons (Fsp3) is 0.389. The smallest absolute Gasteiger partial charge is 0.224 e. The van der Waals surface area contributed by atoms with E-state index in [4.69, 9.17) is 9.47 Å². The molecular weight excluding hydrogens is 570 g/mol. The van der Waals surface area contributed by atoms with Crippen LogP contribution in [-0.2, 0) is 32.6 Å². The zero-order chi connectivity index (χ0) is 31.1. The second-order valence-electron chi connectivity index (χ2n) is 11.1. The highest BCUT2D eigenvalue weighted by Crippen LogP contribution is 2.28. The van der Waals surface area contributed by atoms with E-state index in [9.17, 15) is 9.00 Å². The lowest BCUT2D eigenvalue weighted by Crippen LogP contribution is -2.14. The molecule has 0 aliphatic rings. The molecule has 8 heteroatoms. The lowest BCUT2D eigenvalue weighted by atomic mass is 9.94. The van der Waals surface area contributed by atoms with Crippen molar-refractivity contribution in [3.63, 3.8) is 0 Å². The molecule has 0 fully saturated rings. The summed E-state index contributed by atoms with van der Waals surface area (Å²) >= 11 is 0. The van der Waals surface area contributed by atoms with Gasteiger partial charge in [-0.25, -0.2) is 4.98 Å². The highest BCUT2D eigenvalue weighted by Gasteiger charge is 2.14. The molecule has 0 radical (unpaired) electrons. The minimum atomic E-state index is -1.19. The number of hydrogen-bond acceptors (Lipinski definition) is 5. The third kappa shape index (κ3) is 10.2. The van der Waals surface area contributed by atoms with E-state index in [0.29, 0.717) is 31.1 Å². The van der Waals surface area contributed by atoms with Crippen LogP contribution in [0.2, 0.25) is 0 Å². The standard InChI is InChI=1S/C36H45N3O4S/c1-4-6-19-39-27-37-25-33(39)26-44(41)35-17-13-32(14-18-35)38-36(40)23-28(3)30-9-8-10-31(24-30)29-11-15-34(16-12-29)43-22-21-42-20-7-5-2/h8-18,24-25,27-28H,4-7,19-23,26H2,1-3H3,(H,38,40)/t28?,44-/m1/s1. The van der Waals surface area contributed by atoms with Crippen LogP contribution in [0, 0.1) is 0 Å². The Morgan fingerprint density at radius 2 is 1.70 bits per heavy atom. The van der Waals surface area contributed by atoms with Crippen LogP contribution in [0.15, 0.2) is 90.2 Å². The van der Waals surface area contributed by atoms with Gasteiger partial charge in [0.15, 0.2) is 0 Å². The van der Waals surface area contributed by atoms with Crippen LogP contribution in [0.4, 0.5) is 5.69 Å². The van der Waals surface area contributed by atoms with Gasteiger partial charge < -0.3 is 19.4 Å². The number of aromatic nitrogens is 2. The Balaban J connectivity index is 1.26. The Labute approximate surface area is 264 Å². The van der Waals surface area contributed by atoms with Crippen molar-refractivity contribution in [2.45, 2.75) is 76.0 Å². The van der Waals surface area contributed by atoms with Crippen LogP contribution in [0.25, 0.3) is 11.1 Å². The number of carbonyl (C=O) groups is 1. The van der Waals surface area contributed by atoms with Gasteiger partial charge in [0.1, 0.15) is 12.4 Å². The van der Waals surface area contributed by atoms with Gasteiger partial charge >= 0.3 is 0 Å². The molecule has 1 amide bonds. The molecule has 3 aromatic carbocycles. The zero-order valence-electron chi connectivity index (χ0n) is 26.2. The normalized spacial score (nSPS) is 12.5. The number of nitrogens with one attached hydrogen (secondary N) is 1. The number of imidazole rings is 1. The summed E-state index contributed by atoms with van der Waals surface area (Å²) < 4.78 is 26.4. The predicted molar refractivity (Wildman–Crippen MR) is 178 cm³/mol. The summed E-state index contributed by atoms with van der Waals surface area (Å²) in [5.41, 5.74) is 4.96. The summed E-state index contributed by atoms with van der Waals surface area (Å²) in [6, 6.07) is 23.7. The topological polar surface area (TPSA) is 82.4 Å². The van der Waals surface area contributed by atoms with Crippen LogP contribution in [0.3, 0.4) is 0 Å². The molecule has 0 spiro atoms. The number of benzene rings is 3. The van der Waals surface area contributed by atoms with E-state index in [-0.39, 0.29) is 11.8 Å². The number of hydrogen-bond donors (Lipinski definition) is 1. The number of aryl methyl sites for hydroxylation is 1. The minimum Gasteiger partial charge on any atom is -0.491 e. The molecule has 0 bridgehead atoms. The molecule has 4 aromatic rings. The van der Waals surface area contributed by atoms with Crippen molar-refractivity contribution in [3.05, 3.63) is 96.6 Å². The summed E-state index contributed by atoms with van der Waals surface area (Å²) in [7, 11) is -1.19. The van der Waals surface area contributed by atoms with E-state index < -0.39 is 10.8 Å². The van der Waals surface area contributed by atoms with Crippen molar-refractivity contribution < 1.29 is 18.5 Å². The molecule has 0 aliphatic carbocycles. The summed E-state index contributed by atoms with van der Waals surface area (Å²) in [6.45, 7) is 9.15. The van der Waals surface area contributed by atoms with Crippen LogP contribution in [-0.4, -0.2) is 39.5 Å². The number of nitrogens with zero attached hydrogens (tertiary/aromatic N) is 2. The summed E-state index contributed by atoms with van der Waals surface area (Å²) in [5, 5.41) is 3.00. The highest BCUT2D eigenvalue weighted by molar-refractivity contribution is 7.84. The van der Waals surface area contributed by atoms with Crippen LogP contribution >= 0.6 is 0 Å². The van der Waals surface area contributed by atoms with Crippen molar-refractivity contribution in [2.24, 2.45) is 0 Å². The first-order valence-electron chi connectivity index (χ1n) is 15.6. The van der Waals surface area contributed by atoms with E-state index in [2.05, 4.69) is 66.0 Å². The molecule has 1 aromatic heterocycles. The molecule has 4 rings (SSSR count). The Morgan fingerprint density at radius 3 is 2.45 bits per heavy atom. The molecule has 234 valence electrons. The lowest BCUT2D eigenvalue weighted by Gasteiger charge is -2.14. The molecule has 0 saturated heterocycles. The quantitative estimate of drug-likeness (QED) is 0.115. The number of carbonyl (C=O) groups excluding carboxylic acids is 1. The van der Waals surface area contributed by atoms with E-state index >= 15 is 0 Å². The molecule has 1 heterocycles. The third-order valence-corrected chi connectivity index (χ3v) is 8.86. The van der Waals surface area contributed by atoms with Gasteiger partial charge in [0, 0.05) is 36.4 Å². The molecule has 44 heavy (non-hydrogen) atoms. The molecule has 2 atom stereocenters. The Hall–Kier alpha value is -3.75. The fourth-order valence-electron chi connectivity index (χ4n) is 4.85. The van der Waals surface area contributed by atoms with Gasteiger partial charge in [0.25, 0.3) is 0 Å². The second-order valence-corrected chi connectivity index (χ2v) is 12.5. The zero-order valence-corrected chi connectivity index (χ0v) is 27.0. The predicted octanol–water partition coefficient (Wildman–Crippen LogP) is 7.99. The molecule has 7 nitrogen and oxygen atoms in total. The Morgan fingerprint density at radius 1 is 0.932 bits per heavy atom. The summed E-state index contributed by atoms with van der Waals surface area (Å²) in [6.07, 6.45) is 8.31. The molecule has 0 aliphatic heterocycles.